The van der Waals surface area contributed by atoms with Crippen molar-refractivity contribution in [3.05, 3.63) is 91.8 Å². The molecule has 0 atom stereocenters. The topological polar surface area (TPSA) is 62.5 Å². The number of benzene rings is 2. The molecule has 0 radical (unpaired) electrons. The van der Waals surface area contributed by atoms with Crippen LogP contribution in [0, 0.1) is 0 Å². The number of pyridine rings is 1. The van der Waals surface area contributed by atoms with Gasteiger partial charge in [0.25, 0.3) is 5.56 Å². The molecule has 0 saturated carbocycles. The van der Waals surface area contributed by atoms with Crippen molar-refractivity contribution in [1.82, 2.24) is 4.57 Å². The minimum absolute atomic E-state index is 0.0876. The van der Waals surface area contributed by atoms with Crippen molar-refractivity contribution in [1.29, 1.82) is 0 Å². The first-order chi connectivity index (χ1) is 14.9. The molecule has 2 aromatic carbocycles. The van der Waals surface area contributed by atoms with Crippen LogP contribution in [0.2, 0.25) is 10.0 Å². The van der Waals surface area contributed by atoms with Crippen LogP contribution in [0.1, 0.15) is 21.6 Å². The lowest BCUT2D eigenvalue weighted by Gasteiger charge is -2.32. The molecule has 0 unspecified atom stereocenters. The fourth-order valence-electron chi connectivity index (χ4n) is 3.66. The quantitative estimate of drug-likeness (QED) is 0.531. The Hall–Kier alpha value is -2.41. The molecule has 3 aromatic rings. The first kappa shape index (κ1) is 21.8. The van der Waals surface area contributed by atoms with E-state index < -0.39 is 5.97 Å². The molecule has 31 heavy (non-hydrogen) atoms. The third-order valence-corrected chi connectivity index (χ3v) is 6.94. The van der Waals surface area contributed by atoms with Crippen LogP contribution in [0.3, 0.4) is 0 Å². The Labute approximate surface area is 194 Å². The SMILES string of the molecule is O=C(O)c1ccc(CCn2c(CN3CCSc4ccccc43)c(Cl)cc(Cl)c2=O)cc1. The summed E-state index contributed by atoms with van der Waals surface area (Å²) in [6.45, 7) is 1.75. The molecular weight excluding hydrogens is 455 g/mol. The average Bonchev–Trinajstić information content (AvgIpc) is 2.77. The summed E-state index contributed by atoms with van der Waals surface area (Å²) < 4.78 is 1.64. The van der Waals surface area contributed by atoms with Crippen molar-refractivity contribution in [2.24, 2.45) is 0 Å². The predicted octanol–water partition coefficient (Wildman–Crippen LogP) is 5.21. The first-order valence-corrected chi connectivity index (χ1v) is 11.5. The minimum atomic E-state index is -0.966. The van der Waals surface area contributed by atoms with E-state index in [-0.39, 0.29) is 16.1 Å². The summed E-state index contributed by atoms with van der Waals surface area (Å²) in [4.78, 5) is 27.4. The molecule has 5 nitrogen and oxygen atoms in total. The molecule has 0 amide bonds. The molecule has 1 aliphatic heterocycles. The molecule has 8 heteroatoms. The van der Waals surface area contributed by atoms with Crippen LogP contribution in [0.15, 0.2) is 64.3 Å². The standard InChI is InChI=1S/C23H20Cl2N2O3S/c24-17-13-18(25)22(28)27(10-9-15-5-7-16(8-6-15)23(29)30)20(17)14-26-11-12-31-21-4-2-1-3-19(21)26/h1-8,13H,9-12,14H2,(H,29,30). The van der Waals surface area contributed by atoms with Crippen molar-refractivity contribution >= 4 is 46.6 Å². The number of thioether (sulfide) groups is 1. The molecular formula is C23H20Cl2N2O3S. The normalized spacial score (nSPS) is 13.2. The molecule has 0 aliphatic carbocycles. The lowest BCUT2D eigenvalue weighted by molar-refractivity contribution is 0.0697. The summed E-state index contributed by atoms with van der Waals surface area (Å²) in [5, 5.41) is 9.61. The number of anilines is 1. The van der Waals surface area contributed by atoms with E-state index in [1.165, 1.54) is 11.0 Å². The van der Waals surface area contributed by atoms with Gasteiger partial charge >= 0.3 is 5.97 Å². The number of nitrogens with zero attached hydrogens (tertiary/aromatic N) is 2. The van der Waals surface area contributed by atoms with Gasteiger partial charge in [0, 0.05) is 23.7 Å². The number of halogens is 2. The highest BCUT2D eigenvalue weighted by molar-refractivity contribution is 7.99. The Balaban J connectivity index is 1.62. The minimum Gasteiger partial charge on any atom is -0.478 e. The van der Waals surface area contributed by atoms with Gasteiger partial charge in [0.1, 0.15) is 5.02 Å². The highest BCUT2D eigenvalue weighted by atomic mass is 35.5. The molecule has 0 bridgehead atoms. The molecule has 2 heterocycles. The Morgan fingerprint density at radius 2 is 1.81 bits per heavy atom. The second kappa shape index (κ2) is 9.39. The van der Waals surface area contributed by atoms with Crippen molar-refractivity contribution in [3.8, 4) is 0 Å². The summed E-state index contributed by atoms with van der Waals surface area (Å²) in [5.74, 6) is -0.00537. The van der Waals surface area contributed by atoms with Gasteiger partial charge in [-0.1, -0.05) is 47.5 Å². The van der Waals surface area contributed by atoms with Crippen LogP contribution in [-0.4, -0.2) is 27.9 Å². The Morgan fingerprint density at radius 3 is 2.55 bits per heavy atom. The van der Waals surface area contributed by atoms with Gasteiger partial charge in [-0.15, -0.1) is 11.8 Å². The van der Waals surface area contributed by atoms with E-state index in [2.05, 4.69) is 17.0 Å². The lowest BCUT2D eigenvalue weighted by atomic mass is 10.1. The molecule has 1 aromatic heterocycles. The van der Waals surface area contributed by atoms with Crippen molar-refractivity contribution in [2.75, 3.05) is 17.2 Å². The number of para-hydroxylation sites is 1. The maximum absolute atomic E-state index is 12.9. The number of hydrogen-bond donors (Lipinski definition) is 1. The molecule has 1 N–H and O–H groups in total. The van der Waals surface area contributed by atoms with Gasteiger partial charge in [-0.05, 0) is 42.3 Å². The van der Waals surface area contributed by atoms with Crippen molar-refractivity contribution in [2.45, 2.75) is 24.4 Å². The number of aromatic nitrogens is 1. The van der Waals surface area contributed by atoms with E-state index in [1.807, 2.05) is 23.9 Å². The van der Waals surface area contributed by atoms with E-state index in [0.717, 1.165) is 29.2 Å². The molecule has 0 saturated heterocycles. The summed E-state index contributed by atoms with van der Waals surface area (Å²) in [6, 6.07) is 16.4. The van der Waals surface area contributed by atoms with Gasteiger partial charge in [0.15, 0.2) is 0 Å². The summed E-state index contributed by atoms with van der Waals surface area (Å²) in [7, 11) is 0. The Kier molecular flexibility index (Phi) is 6.60. The molecule has 0 fully saturated rings. The van der Waals surface area contributed by atoms with E-state index >= 15 is 0 Å². The number of aryl methyl sites for hydroxylation is 1. The number of carboxylic acids is 1. The lowest BCUT2D eigenvalue weighted by Crippen LogP contribution is -2.33. The van der Waals surface area contributed by atoms with Crippen LogP contribution in [0.5, 0.6) is 0 Å². The van der Waals surface area contributed by atoms with Crippen LogP contribution < -0.4 is 10.5 Å². The van der Waals surface area contributed by atoms with Gasteiger partial charge < -0.3 is 14.6 Å². The molecule has 1 aliphatic rings. The second-order valence-electron chi connectivity index (χ2n) is 7.23. The average molecular weight is 475 g/mol. The zero-order valence-electron chi connectivity index (χ0n) is 16.6. The van der Waals surface area contributed by atoms with Gasteiger partial charge in [-0.25, -0.2) is 4.79 Å². The van der Waals surface area contributed by atoms with Crippen molar-refractivity contribution in [3.63, 3.8) is 0 Å². The second-order valence-corrected chi connectivity index (χ2v) is 9.18. The first-order valence-electron chi connectivity index (χ1n) is 9.81. The fraction of sp³-hybridized carbons (Fsp3) is 0.217. The molecule has 160 valence electrons. The number of carbonyl (C=O) groups is 1. The summed E-state index contributed by atoms with van der Waals surface area (Å²) >= 11 is 14.5. The van der Waals surface area contributed by atoms with Gasteiger partial charge in [0.05, 0.1) is 28.5 Å². The number of hydrogen-bond acceptors (Lipinski definition) is 4. The molecule has 0 spiro atoms. The number of aromatic carboxylic acids is 1. The number of carboxylic acid groups (broad SMARTS) is 1. The number of rotatable bonds is 6. The van der Waals surface area contributed by atoms with Crippen LogP contribution in [0.25, 0.3) is 0 Å². The highest BCUT2D eigenvalue weighted by Gasteiger charge is 2.21. The van der Waals surface area contributed by atoms with Gasteiger partial charge in [-0.2, -0.15) is 0 Å². The smallest absolute Gasteiger partial charge is 0.335 e. The predicted molar refractivity (Wildman–Crippen MR) is 126 cm³/mol. The van der Waals surface area contributed by atoms with Crippen molar-refractivity contribution < 1.29 is 9.90 Å². The zero-order valence-corrected chi connectivity index (χ0v) is 18.9. The van der Waals surface area contributed by atoms with Gasteiger partial charge in [0.2, 0.25) is 0 Å². The fourth-order valence-corrected chi connectivity index (χ4v) is 5.25. The third-order valence-electron chi connectivity index (χ3n) is 5.29. The van der Waals surface area contributed by atoms with E-state index in [1.54, 1.807) is 28.8 Å². The number of fused-ring (bicyclic) bond motifs is 1. The third kappa shape index (κ3) is 4.76. The van der Waals surface area contributed by atoms with E-state index in [9.17, 15) is 9.59 Å². The van der Waals surface area contributed by atoms with Crippen LogP contribution in [-0.2, 0) is 19.5 Å². The maximum Gasteiger partial charge on any atom is 0.335 e. The summed E-state index contributed by atoms with van der Waals surface area (Å²) in [5.41, 5.74) is 2.74. The Morgan fingerprint density at radius 1 is 1.06 bits per heavy atom. The highest BCUT2D eigenvalue weighted by Crippen LogP contribution is 2.35. The largest absolute Gasteiger partial charge is 0.478 e. The monoisotopic (exact) mass is 474 g/mol. The zero-order chi connectivity index (χ0) is 22.0. The van der Waals surface area contributed by atoms with E-state index in [0.29, 0.717) is 24.5 Å². The maximum atomic E-state index is 12.9. The Bertz CT molecular complexity index is 1180. The summed E-state index contributed by atoms with van der Waals surface area (Å²) in [6.07, 6.45) is 0.552. The van der Waals surface area contributed by atoms with E-state index in [4.69, 9.17) is 28.3 Å². The van der Waals surface area contributed by atoms with Crippen LogP contribution >= 0.6 is 35.0 Å². The van der Waals surface area contributed by atoms with Gasteiger partial charge in [-0.3, -0.25) is 4.79 Å². The molecule has 4 rings (SSSR count). The van der Waals surface area contributed by atoms with Crippen LogP contribution in [0.4, 0.5) is 5.69 Å².